The first kappa shape index (κ1) is 15.1. The van der Waals surface area contributed by atoms with E-state index in [1.54, 1.807) is 0 Å². The standard InChI is InChI=1S/C12H23NO3/c1-3-5-8-15-10-11-16-9-6-7-13-12(14)4-2/h4H,2-3,5-11H2,1H3,(H,13,14). The smallest absolute Gasteiger partial charge is 0.243 e. The molecule has 0 radical (unpaired) electrons. The van der Waals surface area contributed by atoms with E-state index in [4.69, 9.17) is 9.47 Å². The van der Waals surface area contributed by atoms with Gasteiger partial charge in [-0.3, -0.25) is 4.79 Å². The lowest BCUT2D eigenvalue weighted by Crippen LogP contribution is -2.23. The molecule has 0 aromatic rings. The molecule has 4 nitrogen and oxygen atoms in total. The molecule has 0 aliphatic carbocycles. The van der Waals surface area contributed by atoms with E-state index in [0.29, 0.717) is 26.4 Å². The van der Waals surface area contributed by atoms with Crippen LogP contribution in [0.3, 0.4) is 0 Å². The van der Waals surface area contributed by atoms with Crippen molar-refractivity contribution in [1.82, 2.24) is 5.32 Å². The summed E-state index contributed by atoms with van der Waals surface area (Å²) < 4.78 is 10.7. The molecule has 0 saturated carbocycles. The lowest BCUT2D eigenvalue weighted by Gasteiger charge is -2.05. The van der Waals surface area contributed by atoms with Crippen LogP contribution in [-0.2, 0) is 14.3 Å². The van der Waals surface area contributed by atoms with Gasteiger partial charge in [0, 0.05) is 19.8 Å². The van der Waals surface area contributed by atoms with Crippen molar-refractivity contribution < 1.29 is 14.3 Å². The second-order valence-corrected chi connectivity index (χ2v) is 3.43. The van der Waals surface area contributed by atoms with Gasteiger partial charge in [0.2, 0.25) is 5.91 Å². The molecule has 4 heteroatoms. The van der Waals surface area contributed by atoms with E-state index in [0.717, 1.165) is 25.9 Å². The van der Waals surface area contributed by atoms with Gasteiger partial charge in [0.05, 0.1) is 13.2 Å². The molecule has 0 aliphatic rings. The lowest BCUT2D eigenvalue weighted by molar-refractivity contribution is -0.116. The Morgan fingerprint density at radius 1 is 1.19 bits per heavy atom. The van der Waals surface area contributed by atoms with Crippen LogP contribution >= 0.6 is 0 Å². The molecular weight excluding hydrogens is 206 g/mol. The zero-order valence-corrected chi connectivity index (χ0v) is 10.2. The minimum absolute atomic E-state index is 0.136. The number of nitrogens with one attached hydrogen (secondary N) is 1. The Morgan fingerprint density at radius 2 is 1.81 bits per heavy atom. The molecule has 0 saturated heterocycles. The lowest BCUT2D eigenvalue weighted by atomic mass is 10.4. The summed E-state index contributed by atoms with van der Waals surface area (Å²) >= 11 is 0. The monoisotopic (exact) mass is 229 g/mol. The molecule has 0 rings (SSSR count). The van der Waals surface area contributed by atoms with Crippen LogP contribution in [0.1, 0.15) is 26.2 Å². The van der Waals surface area contributed by atoms with Gasteiger partial charge in [0.25, 0.3) is 0 Å². The maximum atomic E-state index is 10.8. The number of rotatable bonds is 11. The van der Waals surface area contributed by atoms with E-state index in [1.165, 1.54) is 6.08 Å². The molecule has 0 atom stereocenters. The van der Waals surface area contributed by atoms with Crippen molar-refractivity contribution >= 4 is 5.91 Å². The van der Waals surface area contributed by atoms with Crippen molar-refractivity contribution in [2.45, 2.75) is 26.2 Å². The van der Waals surface area contributed by atoms with Crippen molar-refractivity contribution in [2.24, 2.45) is 0 Å². The molecule has 0 aliphatic heterocycles. The fourth-order valence-corrected chi connectivity index (χ4v) is 1.03. The summed E-state index contributed by atoms with van der Waals surface area (Å²) in [6.45, 7) is 8.87. The zero-order chi connectivity index (χ0) is 12.1. The number of carbonyl (C=O) groups excluding carboxylic acids is 1. The van der Waals surface area contributed by atoms with Crippen LogP contribution in [0.25, 0.3) is 0 Å². The van der Waals surface area contributed by atoms with Crippen LogP contribution in [-0.4, -0.2) is 38.9 Å². The van der Waals surface area contributed by atoms with Gasteiger partial charge in [-0.1, -0.05) is 19.9 Å². The predicted molar refractivity (Wildman–Crippen MR) is 64.4 cm³/mol. The third-order valence-corrected chi connectivity index (χ3v) is 1.96. The van der Waals surface area contributed by atoms with Gasteiger partial charge in [0.1, 0.15) is 0 Å². The molecular formula is C12H23NO3. The summed E-state index contributed by atoms with van der Waals surface area (Å²) in [5.41, 5.74) is 0. The highest BCUT2D eigenvalue weighted by atomic mass is 16.5. The Bertz CT molecular complexity index is 183. The largest absolute Gasteiger partial charge is 0.379 e. The molecule has 94 valence electrons. The van der Waals surface area contributed by atoms with Gasteiger partial charge < -0.3 is 14.8 Å². The maximum Gasteiger partial charge on any atom is 0.243 e. The molecule has 0 aromatic heterocycles. The first-order chi connectivity index (χ1) is 7.81. The van der Waals surface area contributed by atoms with Crippen LogP contribution in [0.2, 0.25) is 0 Å². The van der Waals surface area contributed by atoms with E-state index >= 15 is 0 Å². The normalized spacial score (nSPS) is 10.1. The minimum atomic E-state index is -0.136. The Hall–Kier alpha value is -0.870. The SMILES string of the molecule is C=CC(=O)NCCCOCCOCCCC. The number of hydrogen-bond donors (Lipinski definition) is 1. The summed E-state index contributed by atoms with van der Waals surface area (Å²) in [7, 11) is 0. The Balaban J connectivity index is 2.98. The van der Waals surface area contributed by atoms with E-state index in [1.807, 2.05) is 0 Å². The molecule has 0 aromatic carbocycles. The summed E-state index contributed by atoms with van der Waals surface area (Å²) in [6.07, 6.45) is 4.34. The van der Waals surface area contributed by atoms with Crippen LogP contribution in [0.4, 0.5) is 0 Å². The van der Waals surface area contributed by atoms with Gasteiger partial charge in [-0.2, -0.15) is 0 Å². The third kappa shape index (κ3) is 11.2. The van der Waals surface area contributed by atoms with Crippen molar-refractivity contribution in [3.63, 3.8) is 0 Å². The molecule has 0 heterocycles. The molecule has 0 fully saturated rings. The second kappa shape index (κ2) is 12.2. The Kier molecular flexibility index (Phi) is 11.5. The van der Waals surface area contributed by atoms with E-state index in [-0.39, 0.29) is 5.91 Å². The average molecular weight is 229 g/mol. The number of ether oxygens (including phenoxy) is 2. The zero-order valence-electron chi connectivity index (χ0n) is 10.2. The maximum absolute atomic E-state index is 10.8. The fourth-order valence-electron chi connectivity index (χ4n) is 1.03. The Morgan fingerprint density at radius 3 is 2.38 bits per heavy atom. The minimum Gasteiger partial charge on any atom is -0.379 e. The van der Waals surface area contributed by atoms with E-state index in [9.17, 15) is 4.79 Å². The third-order valence-electron chi connectivity index (χ3n) is 1.96. The van der Waals surface area contributed by atoms with Gasteiger partial charge in [-0.15, -0.1) is 0 Å². The van der Waals surface area contributed by atoms with Crippen molar-refractivity contribution in [3.05, 3.63) is 12.7 Å². The van der Waals surface area contributed by atoms with E-state index < -0.39 is 0 Å². The molecule has 1 amide bonds. The first-order valence-electron chi connectivity index (χ1n) is 5.87. The molecule has 0 unspecified atom stereocenters. The topological polar surface area (TPSA) is 47.6 Å². The molecule has 1 N–H and O–H groups in total. The van der Waals surface area contributed by atoms with Crippen LogP contribution in [0.5, 0.6) is 0 Å². The first-order valence-corrected chi connectivity index (χ1v) is 5.87. The van der Waals surface area contributed by atoms with Gasteiger partial charge in [0.15, 0.2) is 0 Å². The highest BCUT2D eigenvalue weighted by Crippen LogP contribution is 1.88. The van der Waals surface area contributed by atoms with Gasteiger partial charge in [-0.05, 0) is 18.9 Å². The summed E-state index contributed by atoms with van der Waals surface area (Å²) in [6, 6.07) is 0. The predicted octanol–water partition coefficient (Wildman–Crippen LogP) is 1.51. The van der Waals surface area contributed by atoms with Gasteiger partial charge >= 0.3 is 0 Å². The molecule has 0 spiro atoms. The van der Waals surface area contributed by atoms with Crippen molar-refractivity contribution in [1.29, 1.82) is 0 Å². The summed E-state index contributed by atoms with van der Waals surface area (Å²) in [4.78, 5) is 10.8. The summed E-state index contributed by atoms with van der Waals surface area (Å²) in [5, 5.41) is 2.68. The van der Waals surface area contributed by atoms with Crippen LogP contribution in [0, 0.1) is 0 Å². The number of amides is 1. The Labute approximate surface area is 98.0 Å². The van der Waals surface area contributed by atoms with E-state index in [2.05, 4.69) is 18.8 Å². The molecule has 0 bridgehead atoms. The number of hydrogen-bond acceptors (Lipinski definition) is 3. The highest BCUT2D eigenvalue weighted by molar-refractivity contribution is 5.86. The molecule has 16 heavy (non-hydrogen) atoms. The van der Waals surface area contributed by atoms with Crippen LogP contribution in [0.15, 0.2) is 12.7 Å². The second-order valence-electron chi connectivity index (χ2n) is 3.43. The van der Waals surface area contributed by atoms with Crippen molar-refractivity contribution in [3.8, 4) is 0 Å². The van der Waals surface area contributed by atoms with Crippen LogP contribution < -0.4 is 5.32 Å². The number of carbonyl (C=O) groups is 1. The summed E-state index contributed by atoms with van der Waals surface area (Å²) in [5.74, 6) is -0.136. The highest BCUT2D eigenvalue weighted by Gasteiger charge is 1.93. The fraction of sp³-hybridized carbons (Fsp3) is 0.750. The quantitative estimate of drug-likeness (QED) is 0.431. The number of unbranched alkanes of at least 4 members (excludes halogenated alkanes) is 1. The van der Waals surface area contributed by atoms with Gasteiger partial charge in [-0.25, -0.2) is 0 Å². The average Bonchev–Trinajstić information content (AvgIpc) is 2.31. The van der Waals surface area contributed by atoms with Crippen molar-refractivity contribution in [2.75, 3.05) is 33.0 Å².